The lowest BCUT2D eigenvalue weighted by atomic mass is 10.1. The summed E-state index contributed by atoms with van der Waals surface area (Å²) in [6, 6.07) is 4.21. The number of amides is 1. The monoisotopic (exact) mass is 235 g/mol. The molecule has 3 nitrogen and oxygen atoms in total. The first-order valence-corrected chi connectivity index (χ1v) is 5.65. The van der Waals surface area contributed by atoms with Gasteiger partial charge in [-0.1, -0.05) is 0 Å². The van der Waals surface area contributed by atoms with Crippen molar-refractivity contribution < 1.29 is 14.0 Å². The zero-order valence-electron chi connectivity index (χ0n) is 9.63. The molecule has 0 unspecified atom stereocenters. The third kappa shape index (κ3) is 2.90. The molecule has 0 atom stereocenters. The molecule has 1 aromatic carbocycles. The molecule has 0 spiro atoms. The van der Waals surface area contributed by atoms with Crippen LogP contribution in [0.2, 0.25) is 0 Å². The number of hydrogen-bond donors (Lipinski definition) is 1. The third-order valence-electron chi connectivity index (χ3n) is 2.85. The standard InChI is InChI=1S/C13H14FNO2/c1-8-6-10(4-5-11(8)14)12(16)7-15-13(17)9-2-3-9/h4-6,9H,2-3,7H2,1H3,(H,15,17). The Kier molecular flexibility index (Phi) is 3.22. The minimum Gasteiger partial charge on any atom is -0.348 e. The molecule has 0 heterocycles. The number of rotatable bonds is 4. The molecule has 1 aliphatic rings. The maximum atomic E-state index is 13.0. The summed E-state index contributed by atoms with van der Waals surface area (Å²) < 4.78 is 13.0. The first kappa shape index (κ1) is 11.8. The van der Waals surface area contributed by atoms with Crippen LogP contribution in [0, 0.1) is 18.7 Å². The van der Waals surface area contributed by atoms with Crippen LogP contribution in [0.1, 0.15) is 28.8 Å². The van der Waals surface area contributed by atoms with Crippen molar-refractivity contribution in [1.29, 1.82) is 0 Å². The van der Waals surface area contributed by atoms with Gasteiger partial charge in [0, 0.05) is 11.5 Å². The second-order valence-corrected chi connectivity index (χ2v) is 4.38. The summed E-state index contributed by atoms with van der Waals surface area (Å²) in [5, 5.41) is 2.59. The minimum absolute atomic E-state index is 0.0135. The van der Waals surface area contributed by atoms with Crippen LogP contribution in [0.3, 0.4) is 0 Å². The van der Waals surface area contributed by atoms with Gasteiger partial charge in [0.15, 0.2) is 5.78 Å². The van der Waals surface area contributed by atoms with E-state index in [4.69, 9.17) is 0 Å². The van der Waals surface area contributed by atoms with E-state index in [1.807, 2.05) is 0 Å². The summed E-state index contributed by atoms with van der Waals surface area (Å²) in [4.78, 5) is 23.1. The zero-order valence-corrected chi connectivity index (χ0v) is 9.63. The summed E-state index contributed by atoms with van der Waals surface area (Å²) >= 11 is 0. The lowest BCUT2D eigenvalue weighted by Crippen LogP contribution is -2.30. The molecule has 2 rings (SSSR count). The van der Waals surface area contributed by atoms with Gasteiger partial charge in [-0.15, -0.1) is 0 Å². The van der Waals surface area contributed by atoms with Crippen molar-refractivity contribution in [2.75, 3.05) is 6.54 Å². The fourth-order valence-corrected chi connectivity index (χ4v) is 1.58. The Morgan fingerprint density at radius 2 is 2.12 bits per heavy atom. The number of benzene rings is 1. The molecule has 0 aromatic heterocycles. The van der Waals surface area contributed by atoms with Gasteiger partial charge in [-0.2, -0.15) is 0 Å². The van der Waals surface area contributed by atoms with Crippen molar-refractivity contribution in [1.82, 2.24) is 5.32 Å². The quantitative estimate of drug-likeness (QED) is 0.809. The lowest BCUT2D eigenvalue weighted by molar-refractivity contribution is -0.122. The fourth-order valence-electron chi connectivity index (χ4n) is 1.58. The predicted octanol–water partition coefficient (Wildman–Crippen LogP) is 1.84. The number of carbonyl (C=O) groups is 2. The van der Waals surface area contributed by atoms with E-state index < -0.39 is 0 Å². The van der Waals surface area contributed by atoms with Crippen molar-refractivity contribution in [2.24, 2.45) is 5.92 Å². The SMILES string of the molecule is Cc1cc(C(=O)CNC(=O)C2CC2)ccc1F. The summed E-state index contributed by atoms with van der Waals surface area (Å²) in [6.45, 7) is 1.59. The van der Waals surface area contributed by atoms with Crippen LogP contribution < -0.4 is 5.32 Å². The van der Waals surface area contributed by atoms with E-state index in [9.17, 15) is 14.0 Å². The number of ketones is 1. The summed E-state index contributed by atoms with van der Waals surface area (Å²) in [5.41, 5.74) is 0.865. The van der Waals surface area contributed by atoms with Crippen LogP contribution in [0.15, 0.2) is 18.2 Å². The Morgan fingerprint density at radius 3 is 2.71 bits per heavy atom. The van der Waals surface area contributed by atoms with Crippen LogP contribution in [0.5, 0.6) is 0 Å². The van der Waals surface area contributed by atoms with Gasteiger partial charge in [0.05, 0.1) is 6.54 Å². The van der Waals surface area contributed by atoms with E-state index in [-0.39, 0.29) is 30.0 Å². The second-order valence-electron chi connectivity index (χ2n) is 4.38. The van der Waals surface area contributed by atoms with Gasteiger partial charge >= 0.3 is 0 Å². The molecular weight excluding hydrogens is 221 g/mol. The second kappa shape index (κ2) is 4.65. The summed E-state index contributed by atoms with van der Waals surface area (Å²) in [6.07, 6.45) is 1.82. The number of hydrogen-bond acceptors (Lipinski definition) is 2. The fraction of sp³-hybridized carbons (Fsp3) is 0.385. The average Bonchev–Trinajstić information content (AvgIpc) is 3.13. The molecule has 0 saturated heterocycles. The van der Waals surface area contributed by atoms with Crippen LogP contribution in [-0.2, 0) is 4.79 Å². The molecule has 0 aliphatic heterocycles. The molecule has 1 amide bonds. The highest BCUT2D eigenvalue weighted by Gasteiger charge is 2.29. The molecule has 1 fully saturated rings. The van der Waals surface area contributed by atoms with Gasteiger partial charge in [-0.3, -0.25) is 9.59 Å². The molecule has 1 aromatic rings. The Bertz CT molecular complexity index is 466. The Morgan fingerprint density at radius 1 is 1.41 bits per heavy atom. The van der Waals surface area contributed by atoms with Gasteiger partial charge in [0.2, 0.25) is 5.91 Å². The molecule has 17 heavy (non-hydrogen) atoms. The molecular formula is C13H14FNO2. The van der Waals surface area contributed by atoms with E-state index in [0.717, 1.165) is 12.8 Å². The highest BCUT2D eigenvalue weighted by Crippen LogP contribution is 2.28. The number of halogens is 1. The van der Waals surface area contributed by atoms with E-state index >= 15 is 0 Å². The Balaban J connectivity index is 1.94. The van der Waals surface area contributed by atoms with Crippen LogP contribution in [0.25, 0.3) is 0 Å². The number of Topliss-reactive ketones (excluding diaryl/α,β-unsaturated/α-hetero) is 1. The predicted molar refractivity (Wildman–Crippen MR) is 61.2 cm³/mol. The van der Waals surface area contributed by atoms with Gasteiger partial charge in [-0.05, 0) is 43.5 Å². The largest absolute Gasteiger partial charge is 0.348 e. The Hall–Kier alpha value is -1.71. The van der Waals surface area contributed by atoms with E-state index in [1.54, 1.807) is 6.92 Å². The highest BCUT2D eigenvalue weighted by molar-refractivity contribution is 5.99. The molecule has 0 bridgehead atoms. The topological polar surface area (TPSA) is 46.2 Å². The lowest BCUT2D eigenvalue weighted by Gasteiger charge is -2.05. The molecule has 90 valence electrons. The van der Waals surface area contributed by atoms with Crippen molar-refractivity contribution in [2.45, 2.75) is 19.8 Å². The number of aryl methyl sites for hydroxylation is 1. The maximum Gasteiger partial charge on any atom is 0.223 e. The molecule has 4 heteroatoms. The van der Waals surface area contributed by atoms with Crippen LogP contribution >= 0.6 is 0 Å². The van der Waals surface area contributed by atoms with Gasteiger partial charge in [-0.25, -0.2) is 4.39 Å². The smallest absolute Gasteiger partial charge is 0.223 e. The first-order valence-electron chi connectivity index (χ1n) is 5.65. The normalized spacial score (nSPS) is 14.5. The van der Waals surface area contributed by atoms with Crippen molar-refractivity contribution >= 4 is 11.7 Å². The summed E-state index contributed by atoms with van der Waals surface area (Å²) in [5.74, 6) is -0.486. The maximum absolute atomic E-state index is 13.0. The van der Waals surface area contributed by atoms with Crippen molar-refractivity contribution in [3.8, 4) is 0 Å². The minimum atomic E-state index is -0.330. The van der Waals surface area contributed by atoms with E-state index in [0.29, 0.717) is 11.1 Å². The third-order valence-corrected chi connectivity index (χ3v) is 2.85. The zero-order chi connectivity index (χ0) is 12.4. The highest BCUT2D eigenvalue weighted by atomic mass is 19.1. The molecule has 1 saturated carbocycles. The Labute approximate surface area is 99.0 Å². The van der Waals surface area contributed by atoms with E-state index in [1.165, 1.54) is 18.2 Å². The number of nitrogens with one attached hydrogen (secondary N) is 1. The molecule has 0 radical (unpaired) electrons. The van der Waals surface area contributed by atoms with Crippen molar-refractivity contribution in [3.05, 3.63) is 35.1 Å². The van der Waals surface area contributed by atoms with Gasteiger partial charge in [0.25, 0.3) is 0 Å². The van der Waals surface area contributed by atoms with Crippen molar-refractivity contribution in [3.63, 3.8) is 0 Å². The first-order chi connectivity index (χ1) is 8.08. The molecule has 1 aliphatic carbocycles. The van der Waals surface area contributed by atoms with Crippen LogP contribution in [-0.4, -0.2) is 18.2 Å². The van der Waals surface area contributed by atoms with Gasteiger partial charge < -0.3 is 5.32 Å². The van der Waals surface area contributed by atoms with E-state index in [2.05, 4.69) is 5.32 Å². The molecule has 1 N–H and O–H groups in total. The number of carbonyl (C=O) groups excluding carboxylic acids is 2. The van der Waals surface area contributed by atoms with Crippen LogP contribution in [0.4, 0.5) is 4.39 Å². The summed E-state index contributed by atoms with van der Waals surface area (Å²) in [7, 11) is 0. The average molecular weight is 235 g/mol. The van der Waals surface area contributed by atoms with Gasteiger partial charge in [0.1, 0.15) is 5.82 Å².